The highest BCUT2D eigenvalue weighted by Gasteiger charge is 2.46. The zero-order chi connectivity index (χ0) is 27.0. The van der Waals surface area contributed by atoms with Gasteiger partial charge in [0.25, 0.3) is 5.91 Å². The van der Waals surface area contributed by atoms with E-state index >= 15 is 0 Å². The number of carboxylic acid groups (broad SMARTS) is 1. The summed E-state index contributed by atoms with van der Waals surface area (Å²) in [5.74, 6) is -2.45. The fraction of sp³-hybridized carbons (Fsp3) is 0.379. The number of amides is 1. The van der Waals surface area contributed by atoms with Crippen LogP contribution in [0, 0.1) is 0 Å². The molecule has 200 valence electrons. The average molecular weight is 519 g/mol. The van der Waals surface area contributed by atoms with Crippen molar-refractivity contribution < 1.29 is 24.9 Å². The number of aliphatic hydroxyl groups excluding tert-OH is 2. The number of carbonyl (C=O) groups is 2. The minimum Gasteiger partial charge on any atom is -0.507 e. The number of likely N-dealkylation sites (N-methyl/N-ethyl adjacent to an activating group) is 1. The van der Waals surface area contributed by atoms with Gasteiger partial charge in [0.05, 0.1) is 18.3 Å². The number of hydrogen-bond acceptors (Lipinski definition) is 7. The summed E-state index contributed by atoms with van der Waals surface area (Å²) in [6.07, 6.45) is 1.19. The molecular weight excluding hydrogens is 484 g/mol. The van der Waals surface area contributed by atoms with Crippen molar-refractivity contribution in [2.75, 3.05) is 32.8 Å². The number of rotatable bonds is 7. The van der Waals surface area contributed by atoms with Gasteiger partial charge in [-0.25, -0.2) is 4.79 Å². The largest absolute Gasteiger partial charge is 0.507 e. The van der Waals surface area contributed by atoms with Gasteiger partial charge in [0.15, 0.2) is 11.5 Å². The molecule has 2 aromatic rings. The van der Waals surface area contributed by atoms with Crippen molar-refractivity contribution in [2.24, 2.45) is 0 Å². The molecule has 2 aliphatic heterocycles. The second-order valence-corrected chi connectivity index (χ2v) is 9.85. The van der Waals surface area contributed by atoms with E-state index in [1.165, 1.54) is 22.3 Å². The number of carbonyl (C=O) groups excluding carboxylic acids is 1. The maximum absolute atomic E-state index is 13.7. The SMILES string of the molecule is CCN(CC)CCN1CN(C2c3ccccc3CCc3ccccc32)N2C=C(C(=O)O)C(O)C(O)=C2C1=O. The molecule has 0 bridgehead atoms. The molecule has 38 heavy (non-hydrogen) atoms. The molecule has 0 radical (unpaired) electrons. The third-order valence-electron chi connectivity index (χ3n) is 7.86. The number of benzene rings is 2. The standard InChI is InChI=1S/C29H34N4O5/c1-3-30(4-2)15-16-31-18-33(32-17-23(29(37)38)26(34)27(35)25(32)28(31)36)24-21-11-7-5-9-19(21)13-14-20-10-6-8-12-22(20)24/h5-12,17,24,26,34-35H,3-4,13-16,18H2,1-2H3,(H,37,38). The van der Waals surface area contributed by atoms with Gasteiger partial charge in [0.1, 0.15) is 6.10 Å². The highest BCUT2D eigenvalue weighted by molar-refractivity contribution is 5.97. The number of aliphatic hydroxyl groups is 2. The van der Waals surface area contributed by atoms with E-state index in [1.54, 1.807) is 4.90 Å². The lowest BCUT2D eigenvalue weighted by atomic mass is 9.93. The maximum atomic E-state index is 13.7. The van der Waals surface area contributed by atoms with Crippen LogP contribution in [0.25, 0.3) is 0 Å². The molecule has 9 heteroatoms. The Labute approximate surface area is 222 Å². The van der Waals surface area contributed by atoms with Gasteiger partial charge in [0.2, 0.25) is 0 Å². The molecule has 1 aliphatic carbocycles. The Bertz CT molecular complexity index is 1250. The molecule has 5 rings (SSSR count). The first-order chi connectivity index (χ1) is 18.3. The van der Waals surface area contributed by atoms with Crippen LogP contribution in [0.5, 0.6) is 0 Å². The van der Waals surface area contributed by atoms with E-state index in [0.717, 1.165) is 37.1 Å². The summed E-state index contributed by atoms with van der Waals surface area (Å²) in [7, 11) is 0. The van der Waals surface area contributed by atoms with Crippen LogP contribution in [0.1, 0.15) is 42.1 Å². The Morgan fingerprint density at radius 2 is 1.58 bits per heavy atom. The zero-order valence-corrected chi connectivity index (χ0v) is 21.7. The predicted octanol–water partition coefficient (Wildman–Crippen LogP) is 2.65. The van der Waals surface area contributed by atoms with Gasteiger partial charge < -0.3 is 25.1 Å². The molecule has 2 heterocycles. The highest BCUT2D eigenvalue weighted by atomic mass is 16.4. The fourth-order valence-corrected chi connectivity index (χ4v) is 5.70. The van der Waals surface area contributed by atoms with Crippen LogP contribution in [0.4, 0.5) is 0 Å². The van der Waals surface area contributed by atoms with Gasteiger partial charge in [-0.1, -0.05) is 62.4 Å². The van der Waals surface area contributed by atoms with Gasteiger partial charge in [-0.3, -0.25) is 9.80 Å². The lowest BCUT2D eigenvalue weighted by Gasteiger charge is -2.49. The number of nitrogens with zero attached hydrogens (tertiary/aromatic N) is 4. The second-order valence-electron chi connectivity index (χ2n) is 9.85. The maximum Gasteiger partial charge on any atom is 0.336 e. The number of aliphatic carboxylic acids is 1. The number of aryl methyl sites for hydroxylation is 2. The van der Waals surface area contributed by atoms with Gasteiger partial charge in [-0.15, -0.1) is 0 Å². The molecule has 2 aromatic carbocycles. The molecule has 1 atom stereocenters. The topological polar surface area (TPSA) is 108 Å². The van der Waals surface area contributed by atoms with Gasteiger partial charge in [-0.05, 0) is 48.2 Å². The third-order valence-corrected chi connectivity index (χ3v) is 7.86. The van der Waals surface area contributed by atoms with Gasteiger partial charge >= 0.3 is 5.97 Å². The van der Waals surface area contributed by atoms with E-state index < -0.39 is 29.3 Å². The van der Waals surface area contributed by atoms with E-state index in [1.807, 2.05) is 29.3 Å². The number of hydrazine groups is 1. The van der Waals surface area contributed by atoms with Gasteiger partial charge in [0, 0.05) is 19.3 Å². The van der Waals surface area contributed by atoms with Crippen LogP contribution < -0.4 is 0 Å². The van der Waals surface area contributed by atoms with Crippen molar-refractivity contribution in [1.82, 2.24) is 19.8 Å². The molecule has 1 fully saturated rings. The van der Waals surface area contributed by atoms with Crippen LogP contribution in [-0.4, -0.2) is 86.0 Å². The van der Waals surface area contributed by atoms with Crippen LogP contribution in [0.15, 0.2) is 71.8 Å². The molecule has 0 spiro atoms. The van der Waals surface area contributed by atoms with E-state index in [-0.39, 0.29) is 18.4 Å². The average Bonchev–Trinajstić information content (AvgIpc) is 3.09. The van der Waals surface area contributed by atoms with Crippen molar-refractivity contribution in [3.63, 3.8) is 0 Å². The first-order valence-corrected chi connectivity index (χ1v) is 13.1. The van der Waals surface area contributed by atoms with Gasteiger partial charge in [-0.2, -0.15) is 5.01 Å². The minimum atomic E-state index is -1.79. The smallest absolute Gasteiger partial charge is 0.336 e. The van der Waals surface area contributed by atoms with Crippen molar-refractivity contribution in [1.29, 1.82) is 0 Å². The lowest BCUT2D eigenvalue weighted by Crippen LogP contribution is -2.60. The molecule has 1 saturated heterocycles. The molecule has 0 saturated carbocycles. The van der Waals surface area contributed by atoms with E-state index in [0.29, 0.717) is 13.1 Å². The zero-order valence-electron chi connectivity index (χ0n) is 21.7. The summed E-state index contributed by atoms with van der Waals surface area (Å²) in [4.78, 5) is 29.6. The predicted molar refractivity (Wildman–Crippen MR) is 142 cm³/mol. The normalized spacial score (nSPS) is 20.2. The molecule has 3 aliphatic rings. The fourth-order valence-electron chi connectivity index (χ4n) is 5.70. The number of carboxylic acids is 1. The Kier molecular flexibility index (Phi) is 7.25. The van der Waals surface area contributed by atoms with Crippen LogP contribution in [0.2, 0.25) is 0 Å². The minimum absolute atomic E-state index is 0.118. The first-order valence-electron chi connectivity index (χ1n) is 13.1. The summed E-state index contributed by atoms with van der Waals surface area (Å²) in [6, 6.07) is 16.0. The Hall–Kier alpha value is -3.66. The summed E-state index contributed by atoms with van der Waals surface area (Å²) in [6.45, 7) is 7.08. The number of fused-ring (bicyclic) bond motifs is 3. The van der Waals surface area contributed by atoms with Crippen molar-refractivity contribution >= 4 is 11.9 Å². The molecule has 0 aromatic heterocycles. The lowest BCUT2D eigenvalue weighted by molar-refractivity contribution is -0.151. The van der Waals surface area contributed by atoms with Crippen molar-refractivity contribution in [3.8, 4) is 0 Å². The highest BCUT2D eigenvalue weighted by Crippen LogP contribution is 2.42. The summed E-state index contributed by atoms with van der Waals surface area (Å²) >= 11 is 0. The summed E-state index contributed by atoms with van der Waals surface area (Å²) in [5.41, 5.74) is 3.96. The second kappa shape index (κ2) is 10.6. The molecular formula is C29H34N4O5. The third kappa shape index (κ3) is 4.47. The van der Waals surface area contributed by atoms with Crippen molar-refractivity contribution in [2.45, 2.75) is 38.8 Å². The molecule has 1 amide bonds. The molecule has 9 nitrogen and oxygen atoms in total. The summed E-state index contributed by atoms with van der Waals surface area (Å²) in [5, 5.41) is 34.8. The van der Waals surface area contributed by atoms with E-state index in [4.69, 9.17) is 0 Å². The summed E-state index contributed by atoms with van der Waals surface area (Å²) < 4.78 is 0. The van der Waals surface area contributed by atoms with E-state index in [9.17, 15) is 24.9 Å². The number of hydrogen-bond donors (Lipinski definition) is 3. The van der Waals surface area contributed by atoms with Crippen LogP contribution >= 0.6 is 0 Å². The van der Waals surface area contributed by atoms with E-state index in [2.05, 4.69) is 43.0 Å². The quantitative estimate of drug-likeness (QED) is 0.514. The Morgan fingerprint density at radius 3 is 2.13 bits per heavy atom. The van der Waals surface area contributed by atoms with Crippen molar-refractivity contribution in [3.05, 3.63) is 94.0 Å². The first kappa shape index (κ1) is 26.0. The Morgan fingerprint density at radius 1 is 1.00 bits per heavy atom. The monoisotopic (exact) mass is 518 g/mol. The molecule has 3 N–H and O–H groups in total. The molecule has 1 unspecified atom stereocenters. The van der Waals surface area contributed by atoms with Crippen LogP contribution in [-0.2, 0) is 22.4 Å². The Balaban J connectivity index is 1.67. The van der Waals surface area contributed by atoms with Crippen LogP contribution in [0.3, 0.4) is 0 Å².